The molecular formula is C20H15ClN2O2S. The molecule has 2 aromatic carbocycles. The fourth-order valence-corrected chi connectivity index (χ4v) is 4.20. The van der Waals surface area contributed by atoms with Crippen LogP contribution in [0.2, 0.25) is 5.02 Å². The summed E-state index contributed by atoms with van der Waals surface area (Å²) in [6.07, 6.45) is 1.50. The van der Waals surface area contributed by atoms with Crippen LogP contribution >= 0.6 is 22.9 Å². The predicted molar refractivity (Wildman–Crippen MR) is 105 cm³/mol. The average Bonchev–Trinajstić information content (AvgIpc) is 3.29. The first-order valence-corrected chi connectivity index (χ1v) is 9.27. The topological polar surface area (TPSA) is 46.3 Å². The Bertz CT molecular complexity index is 1060. The maximum atomic E-state index is 13.0. The van der Waals surface area contributed by atoms with Gasteiger partial charge >= 0.3 is 0 Å². The van der Waals surface area contributed by atoms with Gasteiger partial charge in [-0.15, -0.1) is 0 Å². The predicted octanol–water partition coefficient (Wildman–Crippen LogP) is 5.70. The molecule has 0 aliphatic heterocycles. The van der Waals surface area contributed by atoms with Crippen molar-refractivity contribution >= 4 is 44.2 Å². The number of benzene rings is 2. The van der Waals surface area contributed by atoms with Crippen molar-refractivity contribution in [2.24, 2.45) is 0 Å². The third-order valence-electron chi connectivity index (χ3n) is 4.03. The van der Waals surface area contributed by atoms with Gasteiger partial charge in [-0.1, -0.05) is 53.3 Å². The van der Waals surface area contributed by atoms with Crippen LogP contribution in [0.5, 0.6) is 0 Å². The molecule has 0 saturated heterocycles. The number of hydrogen-bond acceptors (Lipinski definition) is 4. The maximum Gasteiger partial charge on any atom is 0.296 e. The highest BCUT2D eigenvalue weighted by Gasteiger charge is 2.24. The van der Waals surface area contributed by atoms with Gasteiger partial charge in [0, 0.05) is 5.02 Å². The van der Waals surface area contributed by atoms with Crippen LogP contribution in [0.4, 0.5) is 5.13 Å². The summed E-state index contributed by atoms with van der Waals surface area (Å²) in [4.78, 5) is 19.4. The molecule has 0 spiro atoms. The molecule has 1 amide bonds. The van der Waals surface area contributed by atoms with Gasteiger partial charge in [0.1, 0.15) is 0 Å². The SMILES string of the molecule is Cc1cc(Cl)cc2sc(N(Cc3ccccc3)C(=O)c3ccco3)nc12. The number of carbonyl (C=O) groups excluding carboxylic acids is 1. The van der Waals surface area contributed by atoms with E-state index in [0.29, 0.717) is 16.7 Å². The van der Waals surface area contributed by atoms with Crippen molar-refractivity contribution < 1.29 is 9.21 Å². The first kappa shape index (κ1) is 16.8. The second-order valence-corrected chi connectivity index (χ2v) is 7.37. The average molecular weight is 383 g/mol. The van der Waals surface area contributed by atoms with Crippen LogP contribution in [0, 0.1) is 6.92 Å². The molecule has 4 rings (SSSR count). The number of rotatable bonds is 4. The summed E-state index contributed by atoms with van der Waals surface area (Å²) >= 11 is 7.62. The van der Waals surface area contributed by atoms with E-state index in [9.17, 15) is 4.79 Å². The minimum absolute atomic E-state index is 0.221. The van der Waals surface area contributed by atoms with Crippen molar-refractivity contribution in [3.8, 4) is 0 Å². The number of halogens is 1. The fourth-order valence-electron chi connectivity index (χ4n) is 2.78. The number of thiazole rings is 1. The Hall–Kier alpha value is -2.63. The lowest BCUT2D eigenvalue weighted by Crippen LogP contribution is -2.30. The lowest BCUT2D eigenvalue weighted by Gasteiger charge is -2.18. The number of nitrogens with zero attached hydrogens (tertiary/aromatic N) is 2. The normalized spacial score (nSPS) is 11.0. The van der Waals surface area contributed by atoms with Gasteiger partial charge in [-0.05, 0) is 42.3 Å². The third-order valence-corrected chi connectivity index (χ3v) is 5.27. The number of aryl methyl sites for hydroxylation is 1. The molecule has 4 aromatic rings. The molecule has 26 heavy (non-hydrogen) atoms. The summed E-state index contributed by atoms with van der Waals surface area (Å²) in [6, 6.07) is 16.9. The highest BCUT2D eigenvalue weighted by atomic mass is 35.5. The Balaban J connectivity index is 1.79. The molecule has 130 valence electrons. The van der Waals surface area contributed by atoms with Crippen molar-refractivity contribution in [1.29, 1.82) is 0 Å². The maximum absolute atomic E-state index is 13.0. The molecule has 0 unspecified atom stereocenters. The van der Waals surface area contributed by atoms with Gasteiger partial charge < -0.3 is 4.42 Å². The fraction of sp³-hybridized carbons (Fsp3) is 0.100. The van der Waals surface area contributed by atoms with Gasteiger partial charge in [-0.25, -0.2) is 4.98 Å². The summed E-state index contributed by atoms with van der Waals surface area (Å²) in [6.45, 7) is 2.38. The molecule has 6 heteroatoms. The summed E-state index contributed by atoms with van der Waals surface area (Å²) < 4.78 is 6.27. The number of hydrogen-bond donors (Lipinski definition) is 0. The Kier molecular flexibility index (Phi) is 4.49. The monoisotopic (exact) mass is 382 g/mol. The van der Waals surface area contributed by atoms with Crippen LogP contribution < -0.4 is 4.90 Å². The molecule has 0 saturated carbocycles. The number of carbonyl (C=O) groups is 1. The zero-order valence-electron chi connectivity index (χ0n) is 14.0. The van der Waals surface area contributed by atoms with Gasteiger partial charge in [-0.3, -0.25) is 9.69 Å². The molecule has 0 bridgehead atoms. The highest BCUT2D eigenvalue weighted by molar-refractivity contribution is 7.22. The molecule has 0 aliphatic rings. The van der Waals surface area contributed by atoms with E-state index in [1.165, 1.54) is 17.6 Å². The standard InChI is InChI=1S/C20H15ClN2O2S/c1-13-10-15(21)11-17-18(13)22-20(26-17)23(12-14-6-3-2-4-7-14)19(24)16-8-5-9-25-16/h2-11H,12H2,1H3. The smallest absolute Gasteiger partial charge is 0.296 e. The van der Waals surface area contributed by atoms with Crippen molar-refractivity contribution in [2.45, 2.75) is 13.5 Å². The van der Waals surface area contributed by atoms with Crippen molar-refractivity contribution in [1.82, 2.24) is 4.98 Å². The Labute approximate surface area is 159 Å². The summed E-state index contributed by atoms with van der Waals surface area (Å²) in [5.74, 6) is 0.0663. The highest BCUT2D eigenvalue weighted by Crippen LogP contribution is 2.34. The van der Waals surface area contributed by atoms with Crippen LogP contribution in [0.25, 0.3) is 10.2 Å². The number of anilines is 1. The molecular weight excluding hydrogens is 368 g/mol. The number of fused-ring (bicyclic) bond motifs is 1. The number of amides is 1. The molecule has 0 N–H and O–H groups in total. The van der Waals surface area contributed by atoms with E-state index in [-0.39, 0.29) is 11.7 Å². The molecule has 0 aliphatic carbocycles. The van der Waals surface area contributed by atoms with E-state index in [1.807, 2.05) is 49.4 Å². The zero-order valence-corrected chi connectivity index (χ0v) is 15.6. The molecule has 4 nitrogen and oxygen atoms in total. The van der Waals surface area contributed by atoms with Gasteiger partial charge in [0.15, 0.2) is 10.9 Å². The minimum Gasteiger partial charge on any atom is -0.459 e. The Morgan fingerprint density at radius 1 is 1.19 bits per heavy atom. The van der Waals surface area contributed by atoms with Gasteiger partial charge in [0.05, 0.1) is 23.0 Å². The van der Waals surface area contributed by atoms with E-state index in [1.54, 1.807) is 17.0 Å². The molecule has 2 heterocycles. The van der Waals surface area contributed by atoms with E-state index >= 15 is 0 Å². The van der Waals surface area contributed by atoms with Crippen molar-refractivity contribution in [2.75, 3.05) is 4.90 Å². The first-order valence-electron chi connectivity index (χ1n) is 8.08. The summed E-state index contributed by atoms with van der Waals surface area (Å²) in [5.41, 5.74) is 2.86. The van der Waals surface area contributed by atoms with Crippen LogP contribution in [0.3, 0.4) is 0 Å². The van der Waals surface area contributed by atoms with Gasteiger partial charge in [0.2, 0.25) is 0 Å². The van der Waals surface area contributed by atoms with Crippen LogP contribution in [-0.2, 0) is 6.54 Å². The van der Waals surface area contributed by atoms with Crippen LogP contribution in [-0.4, -0.2) is 10.9 Å². The second-order valence-electron chi connectivity index (χ2n) is 5.92. The van der Waals surface area contributed by atoms with E-state index in [2.05, 4.69) is 0 Å². The van der Waals surface area contributed by atoms with Crippen molar-refractivity contribution in [3.63, 3.8) is 0 Å². The summed E-state index contributed by atoms with van der Waals surface area (Å²) in [7, 11) is 0. The second kappa shape index (κ2) is 6.94. The molecule has 0 fully saturated rings. The Morgan fingerprint density at radius 3 is 2.73 bits per heavy atom. The van der Waals surface area contributed by atoms with Crippen LogP contribution in [0.15, 0.2) is 65.3 Å². The molecule has 0 radical (unpaired) electrons. The van der Waals surface area contributed by atoms with Crippen LogP contribution in [0.1, 0.15) is 21.7 Å². The lowest BCUT2D eigenvalue weighted by atomic mass is 10.2. The molecule has 0 atom stereocenters. The minimum atomic E-state index is -0.221. The van der Waals surface area contributed by atoms with Crippen molar-refractivity contribution in [3.05, 3.63) is 82.8 Å². The van der Waals surface area contributed by atoms with Gasteiger partial charge in [0.25, 0.3) is 5.91 Å². The quantitative estimate of drug-likeness (QED) is 0.455. The first-order chi connectivity index (χ1) is 12.6. The number of furan rings is 1. The largest absolute Gasteiger partial charge is 0.459 e. The Morgan fingerprint density at radius 2 is 2.00 bits per heavy atom. The van der Waals surface area contributed by atoms with E-state index in [4.69, 9.17) is 21.0 Å². The molecule has 2 aromatic heterocycles. The van der Waals surface area contributed by atoms with Gasteiger partial charge in [-0.2, -0.15) is 0 Å². The zero-order chi connectivity index (χ0) is 18.1. The number of aromatic nitrogens is 1. The lowest BCUT2D eigenvalue weighted by molar-refractivity contribution is 0.0958. The van der Waals surface area contributed by atoms with E-state index < -0.39 is 0 Å². The third kappa shape index (κ3) is 3.23. The summed E-state index contributed by atoms with van der Waals surface area (Å²) in [5, 5.41) is 1.28. The van der Waals surface area contributed by atoms with E-state index in [0.717, 1.165) is 21.3 Å².